The first kappa shape index (κ1) is 23.1. The lowest BCUT2D eigenvalue weighted by molar-refractivity contribution is -0.120. The van der Waals surface area contributed by atoms with Crippen LogP contribution in [0.2, 0.25) is 5.02 Å². The molecule has 4 aromatic rings. The molecule has 0 saturated heterocycles. The monoisotopic (exact) mass is 478 g/mol. The standard InChI is InChI=1S/C27H23ClN2O2.ClH/c1-17-27(32)30(16-18-6-7-19-4-2-3-5-21(19)14-18)25-13-10-22(28)15-24(25)26(29-17)20-8-11-23(31)12-9-20;/h2-15,17,26,29,31H,16H2,1H3;1H. The number of phenols is 1. The van der Waals surface area contributed by atoms with E-state index >= 15 is 0 Å². The van der Waals surface area contributed by atoms with Crippen LogP contribution in [0.25, 0.3) is 10.8 Å². The van der Waals surface area contributed by atoms with Gasteiger partial charge in [0.25, 0.3) is 0 Å². The molecular weight excluding hydrogens is 455 g/mol. The Morgan fingerprint density at radius 1 is 0.939 bits per heavy atom. The third-order valence-electron chi connectivity index (χ3n) is 6.03. The molecule has 2 unspecified atom stereocenters. The quantitative estimate of drug-likeness (QED) is 0.366. The van der Waals surface area contributed by atoms with Crippen molar-refractivity contribution in [2.45, 2.75) is 25.6 Å². The maximum atomic E-state index is 13.5. The summed E-state index contributed by atoms with van der Waals surface area (Å²) in [5.41, 5.74) is 3.79. The van der Waals surface area contributed by atoms with Crippen molar-refractivity contribution in [2.24, 2.45) is 0 Å². The summed E-state index contributed by atoms with van der Waals surface area (Å²) in [6, 6.07) is 26.6. The fraction of sp³-hybridized carbons (Fsp3) is 0.148. The molecule has 0 aliphatic carbocycles. The molecule has 6 heteroatoms. The minimum absolute atomic E-state index is 0. The van der Waals surface area contributed by atoms with Crippen LogP contribution in [-0.2, 0) is 11.3 Å². The number of benzene rings is 4. The lowest BCUT2D eigenvalue weighted by Gasteiger charge is -2.25. The van der Waals surface area contributed by atoms with Gasteiger partial charge in [-0.25, -0.2) is 0 Å². The van der Waals surface area contributed by atoms with E-state index in [1.165, 1.54) is 5.39 Å². The van der Waals surface area contributed by atoms with Gasteiger partial charge in [0.05, 0.1) is 18.6 Å². The summed E-state index contributed by atoms with van der Waals surface area (Å²) in [5, 5.41) is 16.1. The van der Waals surface area contributed by atoms with Gasteiger partial charge in [-0.05, 0) is 70.8 Å². The number of nitrogens with one attached hydrogen (secondary N) is 1. The fourth-order valence-electron chi connectivity index (χ4n) is 4.39. The number of hydrogen-bond donors (Lipinski definition) is 2. The summed E-state index contributed by atoms with van der Waals surface area (Å²) >= 11 is 6.38. The van der Waals surface area contributed by atoms with Crippen LogP contribution >= 0.6 is 24.0 Å². The number of aromatic hydroxyl groups is 1. The van der Waals surface area contributed by atoms with Crippen LogP contribution in [0.15, 0.2) is 84.9 Å². The summed E-state index contributed by atoms with van der Waals surface area (Å²) in [5.74, 6) is 0.207. The van der Waals surface area contributed by atoms with E-state index in [0.29, 0.717) is 11.6 Å². The largest absolute Gasteiger partial charge is 0.508 e. The fourth-order valence-corrected chi connectivity index (χ4v) is 4.57. The molecule has 1 aliphatic rings. The molecular formula is C27H24Cl2N2O2. The van der Waals surface area contributed by atoms with E-state index in [-0.39, 0.29) is 30.1 Å². The Balaban J connectivity index is 0.00000259. The van der Waals surface area contributed by atoms with Crippen LogP contribution in [0.3, 0.4) is 0 Å². The van der Waals surface area contributed by atoms with E-state index in [2.05, 4.69) is 35.6 Å². The number of fused-ring (bicyclic) bond motifs is 2. The highest BCUT2D eigenvalue weighted by Gasteiger charge is 2.33. The van der Waals surface area contributed by atoms with Gasteiger partial charge in [-0.2, -0.15) is 0 Å². The maximum Gasteiger partial charge on any atom is 0.244 e. The average molecular weight is 479 g/mol. The zero-order chi connectivity index (χ0) is 22.2. The highest BCUT2D eigenvalue weighted by atomic mass is 35.5. The van der Waals surface area contributed by atoms with Crippen molar-refractivity contribution in [3.63, 3.8) is 0 Å². The molecule has 1 amide bonds. The summed E-state index contributed by atoms with van der Waals surface area (Å²) in [6.07, 6.45) is 0. The van der Waals surface area contributed by atoms with Crippen LogP contribution < -0.4 is 10.2 Å². The first-order valence-electron chi connectivity index (χ1n) is 10.6. The molecule has 1 heterocycles. The van der Waals surface area contributed by atoms with E-state index in [0.717, 1.165) is 27.8 Å². The van der Waals surface area contributed by atoms with Crippen molar-refractivity contribution in [3.05, 3.63) is 107 Å². The SMILES string of the molecule is CC1NC(c2ccc(O)cc2)c2cc(Cl)ccc2N(Cc2ccc3ccccc3c2)C1=O.Cl. The lowest BCUT2D eigenvalue weighted by Crippen LogP contribution is -2.43. The number of nitrogens with zero attached hydrogens (tertiary/aromatic N) is 1. The van der Waals surface area contributed by atoms with Gasteiger partial charge in [0.1, 0.15) is 5.75 Å². The summed E-state index contributed by atoms with van der Waals surface area (Å²) in [7, 11) is 0. The Morgan fingerprint density at radius 3 is 2.42 bits per heavy atom. The first-order chi connectivity index (χ1) is 15.5. The van der Waals surface area contributed by atoms with Gasteiger partial charge < -0.3 is 10.0 Å². The Hall–Kier alpha value is -3.05. The van der Waals surface area contributed by atoms with Crippen molar-refractivity contribution < 1.29 is 9.90 Å². The predicted octanol–water partition coefficient (Wildman–Crippen LogP) is 6.23. The average Bonchev–Trinajstić information content (AvgIpc) is 2.90. The smallest absolute Gasteiger partial charge is 0.244 e. The van der Waals surface area contributed by atoms with Gasteiger partial charge >= 0.3 is 0 Å². The summed E-state index contributed by atoms with van der Waals surface area (Å²) in [6.45, 7) is 2.35. The topological polar surface area (TPSA) is 52.6 Å². The van der Waals surface area contributed by atoms with Crippen molar-refractivity contribution >= 4 is 46.4 Å². The molecule has 0 bridgehead atoms. The molecule has 0 saturated carbocycles. The molecule has 5 rings (SSSR count). The number of anilines is 1. The van der Waals surface area contributed by atoms with Gasteiger partial charge in [0.15, 0.2) is 0 Å². The Kier molecular flexibility index (Phi) is 6.61. The highest BCUT2D eigenvalue weighted by Crippen LogP contribution is 2.37. The zero-order valence-electron chi connectivity index (χ0n) is 18.0. The van der Waals surface area contributed by atoms with E-state index in [9.17, 15) is 9.90 Å². The molecule has 0 fully saturated rings. The molecule has 2 atom stereocenters. The van der Waals surface area contributed by atoms with Crippen LogP contribution in [0, 0.1) is 0 Å². The molecule has 168 valence electrons. The number of rotatable bonds is 3. The third-order valence-corrected chi connectivity index (χ3v) is 6.26. The van der Waals surface area contributed by atoms with Gasteiger partial charge in [0, 0.05) is 10.7 Å². The maximum absolute atomic E-state index is 13.5. The summed E-state index contributed by atoms with van der Waals surface area (Å²) in [4.78, 5) is 15.3. The second kappa shape index (κ2) is 9.44. The molecule has 1 aliphatic heterocycles. The Labute approximate surface area is 204 Å². The Morgan fingerprint density at radius 2 is 1.67 bits per heavy atom. The van der Waals surface area contributed by atoms with E-state index in [4.69, 9.17) is 11.6 Å². The number of carbonyl (C=O) groups excluding carboxylic acids is 1. The zero-order valence-corrected chi connectivity index (χ0v) is 19.6. The van der Waals surface area contributed by atoms with Crippen molar-refractivity contribution in [1.82, 2.24) is 5.32 Å². The van der Waals surface area contributed by atoms with Gasteiger partial charge in [-0.3, -0.25) is 10.1 Å². The lowest BCUT2D eigenvalue weighted by atomic mass is 9.96. The second-order valence-electron chi connectivity index (χ2n) is 8.22. The number of halogens is 2. The molecule has 0 aromatic heterocycles. The van der Waals surface area contributed by atoms with Gasteiger partial charge in [0.2, 0.25) is 5.91 Å². The number of carbonyl (C=O) groups is 1. The van der Waals surface area contributed by atoms with Crippen LogP contribution in [0.4, 0.5) is 5.69 Å². The van der Waals surface area contributed by atoms with Crippen LogP contribution in [0.5, 0.6) is 5.75 Å². The summed E-state index contributed by atoms with van der Waals surface area (Å²) < 4.78 is 0. The van der Waals surface area contributed by atoms with Crippen LogP contribution in [-0.4, -0.2) is 17.1 Å². The first-order valence-corrected chi connectivity index (χ1v) is 11.0. The van der Waals surface area contributed by atoms with Gasteiger partial charge in [-0.15, -0.1) is 12.4 Å². The minimum Gasteiger partial charge on any atom is -0.508 e. The molecule has 33 heavy (non-hydrogen) atoms. The van der Waals surface area contributed by atoms with E-state index in [1.54, 1.807) is 12.1 Å². The number of phenolic OH excluding ortho intramolecular Hbond substituents is 1. The second-order valence-corrected chi connectivity index (χ2v) is 8.66. The number of amides is 1. The molecule has 0 radical (unpaired) electrons. The molecule has 2 N–H and O–H groups in total. The predicted molar refractivity (Wildman–Crippen MR) is 136 cm³/mol. The molecule has 0 spiro atoms. The third kappa shape index (κ3) is 4.55. The van der Waals surface area contributed by atoms with Crippen molar-refractivity contribution in [3.8, 4) is 5.75 Å². The molecule has 4 aromatic carbocycles. The van der Waals surface area contributed by atoms with Crippen molar-refractivity contribution in [2.75, 3.05) is 4.90 Å². The minimum atomic E-state index is -0.402. The van der Waals surface area contributed by atoms with Crippen molar-refractivity contribution in [1.29, 1.82) is 0 Å². The van der Waals surface area contributed by atoms with E-state index < -0.39 is 6.04 Å². The van der Waals surface area contributed by atoms with Gasteiger partial charge in [-0.1, -0.05) is 60.1 Å². The molecule has 4 nitrogen and oxygen atoms in total. The van der Waals surface area contributed by atoms with Crippen LogP contribution in [0.1, 0.15) is 29.7 Å². The number of hydrogen-bond acceptors (Lipinski definition) is 3. The highest BCUT2D eigenvalue weighted by molar-refractivity contribution is 6.30. The Bertz CT molecular complexity index is 1310. The van der Waals surface area contributed by atoms with E-state index in [1.807, 2.05) is 54.3 Å². The normalized spacial score (nSPS) is 17.9.